The summed E-state index contributed by atoms with van der Waals surface area (Å²) >= 11 is 0. The summed E-state index contributed by atoms with van der Waals surface area (Å²) in [4.78, 5) is 42.1. The van der Waals surface area contributed by atoms with E-state index in [1.807, 2.05) is 24.9 Å². The zero-order valence-electron chi connectivity index (χ0n) is 15.4. The monoisotopic (exact) mass is 356 g/mol. The summed E-state index contributed by atoms with van der Waals surface area (Å²) in [6.45, 7) is 2.37. The Bertz CT molecular complexity index is 844. The number of carbonyl (C=O) groups excluding carboxylic acids is 2. The van der Waals surface area contributed by atoms with Gasteiger partial charge in [0.25, 0.3) is 11.5 Å². The van der Waals surface area contributed by atoms with E-state index >= 15 is 0 Å². The smallest absolute Gasteiger partial charge is 0.271 e. The van der Waals surface area contributed by atoms with Crippen LogP contribution in [-0.2, 0) is 11.3 Å². The van der Waals surface area contributed by atoms with Gasteiger partial charge < -0.3 is 15.2 Å². The van der Waals surface area contributed by atoms with E-state index in [-0.39, 0.29) is 29.1 Å². The van der Waals surface area contributed by atoms with Gasteiger partial charge in [0.05, 0.1) is 6.04 Å². The lowest BCUT2D eigenvalue weighted by Crippen LogP contribution is -2.42. The summed E-state index contributed by atoms with van der Waals surface area (Å²) in [7, 11) is 5.31. The van der Waals surface area contributed by atoms with Crippen LogP contribution in [0.2, 0.25) is 0 Å². The van der Waals surface area contributed by atoms with Gasteiger partial charge in [0, 0.05) is 32.4 Å². The first kappa shape index (κ1) is 19.4. The number of pyridine rings is 1. The minimum atomic E-state index is -0.358. The molecule has 0 saturated heterocycles. The molecule has 7 heteroatoms. The minimum absolute atomic E-state index is 0.0182. The fourth-order valence-electron chi connectivity index (χ4n) is 2.51. The first-order valence-electron chi connectivity index (χ1n) is 8.29. The Labute approximate surface area is 152 Å². The number of nitrogens with one attached hydrogen (secondary N) is 2. The molecule has 1 aromatic carbocycles. The molecular formula is C19H24N4O3. The molecule has 0 radical (unpaired) electrons. The Morgan fingerprint density at radius 2 is 1.88 bits per heavy atom. The van der Waals surface area contributed by atoms with Crippen molar-refractivity contribution < 1.29 is 9.59 Å². The largest absolute Gasteiger partial charge is 0.347 e. The van der Waals surface area contributed by atoms with Crippen LogP contribution in [0.4, 0.5) is 5.69 Å². The molecule has 1 unspecified atom stereocenters. The van der Waals surface area contributed by atoms with Crippen LogP contribution in [0.25, 0.3) is 0 Å². The molecule has 0 aliphatic heterocycles. The van der Waals surface area contributed by atoms with Gasteiger partial charge in [-0.2, -0.15) is 0 Å². The number of hydrogen-bond donors (Lipinski definition) is 2. The van der Waals surface area contributed by atoms with E-state index in [1.54, 1.807) is 49.3 Å². The van der Waals surface area contributed by atoms with Gasteiger partial charge in [-0.1, -0.05) is 12.1 Å². The maximum atomic E-state index is 12.4. The number of H-pyrrole nitrogens is 1. The number of carbonyl (C=O) groups is 2. The average molecular weight is 356 g/mol. The highest BCUT2D eigenvalue weighted by Gasteiger charge is 2.20. The van der Waals surface area contributed by atoms with Gasteiger partial charge in [0.15, 0.2) is 0 Å². The average Bonchev–Trinajstić information content (AvgIpc) is 2.62. The number of aromatic amines is 1. The highest BCUT2D eigenvalue weighted by Crippen LogP contribution is 2.12. The molecule has 1 aromatic heterocycles. The number of hydrogen-bond acceptors (Lipinski definition) is 4. The zero-order valence-corrected chi connectivity index (χ0v) is 15.4. The van der Waals surface area contributed by atoms with Crippen LogP contribution in [0, 0.1) is 0 Å². The summed E-state index contributed by atoms with van der Waals surface area (Å²) in [5.41, 5.74) is 1.20. The van der Waals surface area contributed by atoms with Gasteiger partial charge in [-0.3, -0.25) is 19.3 Å². The first-order chi connectivity index (χ1) is 12.3. The van der Waals surface area contributed by atoms with Crippen LogP contribution >= 0.6 is 0 Å². The van der Waals surface area contributed by atoms with Crippen LogP contribution in [0.5, 0.6) is 0 Å². The number of benzene rings is 1. The SMILES string of the molecule is CC(C(=O)N(C)C)N(C)Cc1cccc(C(=O)Nc2ccc[nH]c2=O)c1. The third kappa shape index (κ3) is 4.80. The quantitative estimate of drug-likeness (QED) is 0.822. The molecule has 1 atom stereocenters. The van der Waals surface area contributed by atoms with Gasteiger partial charge >= 0.3 is 0 Å². The number of nitrogens with zero attached hydrogens (tertiary/aromatic N) is 2. The summed E-state index contributed by atoms with van der Waals surface area (Å²) in [6, 6.07) is 10.0. The van der Waals surface area contributed by atoms with E-state index in [2.05, 4.69) is 10.3 Å². The summed E-state index contributed by atoms with van der Waals surface area (Å²) < 4.78 is 0. The minimum Gasteiger partial charge on any atom is -0.347 e. The van der Waals surface area contributed by atoms with E-state index < -0.39 is 0 Å². The molecule has 0 aliphatic carbocycles. The zero-order chi connectivity index (χ0) is 19.3. The van der Waals surface area contributed by atoms with E-state index in [0.717, 1.165) is 5.56 Å². The molecular weight excluding hydrogens is 332 g/mol. The number of rotatable bonds is 6. The fraction of sp³-hybridized carbons (Fsp3) is 0.316. The standard InChI is InChI=1S/C19H24N4O3/c1-13(19(26)22(2)3)23(4)12-14-7-5-8-15(11-14)17(24)21-16-9-6-10-20-18(16)25/h5-11,13H,12H2,1-4H3,(H,20,25)(H,21,24). The van der Waals surface area contributed by atoms with Crippen LogP contribution in [0.1, 0.15) is 22.8 Å². The van der Waals surface area contributed by atoms with Crippen molar-refractivity contribution in [2.45, 2.75) is 19.5 Å². The number of amides is 2. The van der Waals surface area contributed by atoms with Crippen molar-refractivity contribution in [3.63, 3.8) is 0 Å². The molecule has 2 amide bonds. The molecule has 1 heterocycles. The molecule has 0 saturated carbocycles. The Morgan fingerprint density at radius 1 is 1.15 bits per heavy atom. The van der Waals surface area contributed by atoms with Crippen LogP contribution in [0.3, 0.4) is 0 Å². The van der Waals surface area contributed by atoms with Crippen molar-refractivity contribution in [1.82, 2.24) is 14.8 Å². The molecule has 7 nitrogen and oxygen atoms in total. The van der Waals surface area contributed by atoms with E-state index in [1.165, 1.54) is 6.20 Å². The van der Waals surface area contributed by atoms with Gasteiger partial charge in [-0.15, -0.1) is 0 Å². The van der Waals surface area contributed by atoms with E-state index in [4.69, 9.17) is 0 Å². The second-order valence-corrected chi connectivity index (χ2v) is 6.39. The van der Waals surface area contributed by atoms with Crippen molar-refractivity contribution in [2.24, 2.45) is 0 Å². The van der Waals surface area contributed by atoms with Crippen molar-refractivity contribution in [3.05, 3.63) is 64.1 Å². The van der Waals surface area contributed by atoms with Crippen LogP contribution < -0.4 is 10.9 Å². The van der Waals surface area contributed by atoms with Gasteiger partial charge in [0.2, 0.25) is 5.91 Å². The molecule has 26 heavy (non-hydrogen) atoms. The van der Waals surface area contributed by atoms with Gasteiger partial charge in [0.1, 0.15) is 5.69 Å². The third-order valence-electron chi connectivity index (χ3n) is 4.15. The second kappa shape index (κ2) is 8.44. The van der Waals surface area contributed by atoms with Crippen molar-refractivity contribution >= 4 is 17.5 Å². The molecule has 0 aliphatic rings. The van der Waals surface area contributed by atoms with Gasteiger partial charge in [-0.05, 0) is 43.8 Å². The lowest BCUT2D eigenvalue weighted by Gasteiger charge is -2.26. The van der Waals surface area contributed by atoms with E-state index in [9.17, 15) is 14.4 Å². The van der Waals surface area contributed by atoms with Crippen molar-refractivity contribution in [3.8, 4) is 0 Å². The Morgan fingerprint density at radius 3 is 2.54 bits per heavy atom. The normalized spacial score (nSPS) is 11.9. The fourth-order valence-corrected chi connectivity index (χ4v) is 2.51. The first-order valence-corrected chi connectivity index (χ1v) is 8.29. The Hall–Kier alpha value is -2.93. The topological polar surface area (TPSA) is 85.5 Å². The summed E-state index contributed by atoms with van der Waals surface area (Å²) in [5, 5.41) is 2.61. The molecule has 138 valence electrons. The lowest BCUT2D eigenvalue weighted by molar-refractivity contribution is -0.133. The predicted molar refractivity (Wildman–Crippen MR) is 101 cm³/mol. The number of anilines is 1. The maximum Gasteiger partial charge on any atom is 0.271 e. The van der Waals surface area contributed by atoms with Crippen molar-refractivity contribution in [2.75, 3.05) is 26.5 Å². The predicted octanol–water partition coefficient (Wildman–Crippen LogP) is 1.54. The molecule has 2 N–H and O–H groups in total. The lowest BCUT2D eigenvalue weighted by atomic mass is 10.1. The highest BCUT2D eigenvalue weighted by molar-refractivity contribution is 6.04. The van der Waals surface area contributed by atoms with Crippen molar-refractivity contribution in [1.29, 1.82) is 0 Å². The molecule has 0 spiro atoms. The van der Waals surface area contributed by atoms with Gasteiger partial charge in [-0.25, -0.2) is 0 Å². The molecule has 2 rings (SSSR count). The molecule has 0 fully saturated rings. The molecule has 2 aromatic rings. The summed E-state index contributed by atoms with van der Waals surface area (Å²) in [5.74, 6) is -0.340. The Balaban J connectivity index is 2.10. The van der Waals surface area contributed by atoms with Crippen LogP contribution in [0.15, 0.2) is 47.4 Å². The van der Waals surface area contributed by atoms with E-state index in [0.29, 0.717) is 12.1 Å². The molecule has 0 bridgehead atoms. The second-order valence-electron chi connectivity index (χ2n) is 6.39. The number of likely N-dealkylation sites (N-methyl/N-ethyl adjacent to an activating group) is 2. The number of aromatic nitrogens is 1. The summed E-state index contributed by atoms with van der Waals surface area (Å²) in [6.07, 6.45) is 1.50. The Kier molecular flexibility index (Phi) is 6.30. The maximum absolute atomic E-state index is 12.4. The third-order valence-corrected chi connectivity index (χ3v) is 4.15. The highest BCUT2D eigenvalue weighted by atomic mass is 16.2. The van der Waals surface area contributed by atoms with Crippen LogP contribution in [-0.4, -0.2) is 53.8 Å².